The maximum Gasteiger partial charge on any atom is 0.222 e. The van der Waals surface area contributed by atoms with Gasteiger partial charge in [0.05, 0.1) is 12.2 Å². The van der Waals surface area contributed by atoms with Crippen molar-refractivity contribution in [3.05, 3.63) is 106 Å². The van der Waals surface area contributed by atoms with E-state index in [0.29, 0.717) is 42.7 Å². The topological polar surface area (TPSA) is 120 Å². The highest BCUT2D eigenvalue weighted by Crippen LogP contribution is 2.28. The fourth-order valence-electron chi connectivity index (χ4n) is 4.36. The van der Waals surface area contributed by atoms with E-state index in [4.69, 9.17) is 31.3 Å². The average Bonchev–Trinajstić information content (AvgIpc) is 2.93. The van der Waals surface area contributed by atoms with Gasteiger partial charge in [-0.15, -0.1) is 0 Å². The number of hydrogen-bond acceptors (Lipinski definition) is 6. The number of amidine groups is 1. The molecule has 4 aromatic rings. The van der Waals surface area contributed by atoms with Crippen LogP contribution in [0.4, 0.5) is 5.82 Å². The normalized spacial score (nSPS) is 10.9. The van der Waals surface area contributed by atoms with Crippen molar-refractivity contribution in [2.24, 2.45) is 5.73 Å². The van der Waals surface area contributed by atoms with Crippen molar-refractivity contribution in [2.45, 2.75) is 45.8 Å². The smallest absolute Gasteiger partial charge is 0.222 e. The zero-order chi connectivity index (χ0) is 26.9. The standard InChI is InChI=1S/C31H35N5O2/c1-3-4-12-28-35-30(34)27(18-22-8-7-9-23(17-22)19-37-2)31(36-28)38-20-21-13-15-24(16-14-21)25-10-5-6-11-26(25)29(32)33/h5-11,13-17H,3-4,12,18-20H2,1-2H3,(H3,32,33)(H2,34,35,36). The molecule has 4 rings (SSSR count). The van der Waals surface area contributed by atoms with Crippen LogP contribution in [0.3, 0.4) is 0 Å². The number of aromatic nitrogens is 2. The molecular weight excluding hydrogens is 474 g/mol. The Balaban J connectivity index is 1.57. The van der Waals surface area contributed by atoms with E-state index in [2.05, 4.69) is 24.0 Å². The molecule has 0 bridgehead atoms. The molecular formula is C31H35N5O2. The van der Waals surface area contributed by atoms with Crippen molar-refractivity contribution in [1.29, 1.82) is 5.41 Å². The highest BCUT2D eigenvalue weighted by molar-refractivity contribution is 6.01. The maximum absolute atomic E-state index is 7.87. The number of nitrogens with zero attached hydrogens (tertiary/aromatic N) is 2. The van der Waals surface area contributed by atoms with E-state index in [9.17, 15) is 0 Å². The van der Waals surface area contributed by atoms with Crippen LogP contribution in [0.15, 0.2) is 72.8 Å². The Kier molecular flexibility index (Phi) is 9.06. The summed E-state index contributed by atoms with van der Waals surface area (Å²) in [5.41, 5.74) is 18.8. The molecule has 5 N–H and O–H groups in total. The maximum atomic E-state index is 7.87. The number of anilines is 1. The molecule has 0 aliphatic rings. The Labute approximate surface area is 224 Å². The lowest BCUT2D eigenvalue weighted by Gasteiger charge is -2.15. The van der Waals surface area contributed by atoms with Crippen LogP contribution < -0.4 is 16.2 Å². The Bertz CT molecular complexity index is 1390. The number of aryl methyl sites for hydroxylation is 1. The van der Waals surface area contributed by atoms with Crippen LogP contribution in [0.25, 0.3) is 11.1 Å². The molecule has 0 saturated heterocycles. The van der Waals surface area contributed by atoms with E-state index in [1.807, 2.05) is 60.7 Å². The van der Waals surface area contributed by atoms with Crippen molar-refractivity contribution in [1.82, 2.24) is 9.97 Å². The number of rotatable bonds is 12. The largest absolute Gasteiger partial charge is 0.472 e. The van der Waals surface area contributed by atoms with Crippen molar-refractivity contribution in [2.75, 3.05) is 12.8 Å². The predicted octanol–water partition coefficient (Wildman–Crippen LogP) is 5.67. The van der Waals surface area contributed by atoms with E-state index in [-0.39, 0.29) is 5.84 Å². The van der Waals surface area contributed by atoms with Gasteiger partial charge in [-0.25, -0.2) is 4.98 Å². The lowest BCUT2D eigenvalue weighted by molar-refractivity contribution is 0.185. The number of methoxy groups -OCH3 is 1. The molecule has 7 heteroatoms. The molecule has 0 aliphatic carbocycles. The minimum absolute atomic E-state index is 0.0496. The summed E-state index contributed by atoms with van der Waals surface area (Å²) in [5, 5.41) is 7.87. The van der Waals surface area contributed by atoms with Gasteiger partial charge in [-0.3, -0.25) is 5.41 Å². The van der Waals surface area contributed by atoms with E-state index in [1.165, 1.54) is 0 Å². The Morgan fingerprint density at radius 3 is 2.39 bits per heavy atom. The number of unbranched alkanes of at least 4 members (excludes halogenated alkanes) is 1. The van der Waals surface area contributed by atoms with Crippen LogP contribution in [0.5, 0.6) is 5.88 Å². The molecule has 0 radical (unpaired) electrons. The molecule has 3 aromatic carbocycles. The van der Waals surface area contributed by atoms with Gasteiger partial charge in [0.25, 0.3) is 0 Å². The summed E-state index contributed by atoms with van der Waals surface area (Å²) in [6, 6.07) is 23.9. The van der Waals surface area contributed by atoms with Gasteiger partial charge in [-0.1, -0.05) is 86.1 Å². The summed E-state index contributed by atoms with van der Waals surface area (Å²) < 4.78 is 11.6. The quantitative estimate of drug-likeness (QED) is 0.167. The van der Waals surface area contributed by atoms with Crippen molar-refractivity contribution >= 4 is 11.7 Å². The molecule has 0 spiro atoms. The van der Waals surface area contributed by atoms with Gasteiger partial charge in [0.2, 0.25) is 5.88 Å². The molecule has 7 nitrogen and oxygen atoms in total. The molecule has 196 valence electrons. The van der Waals surface area contributed by atoms with Crippen LogP contribution in [0.2, 0.25) is 0 Å². The molecule has 0 unspecified atom stereocenters. The van der Waals surface area contributed by atoms with E-state index < -0.39 is 0 Å². The summed E-state index contributed by atoms with van der Waals surface area (Å²) in [5.74, 6) is 1.72. The van der Waals surface area contributed by atoms with Gasteiger partial charge in [0.15, 0.2) is 0 Å². The van der Waals surface area contributed by atoms with Crippen LogP contribution in [-0.2, 0) is 30.8 Å². The highest BCUT2D eigenvalue weighted by Gasteiger charge is 2.16. The van der Waals surface area contributed by atoms with Gasteiger partial charge in [-0.2, -0.15) is 4.98 Å². The number of ether oxygens (including phenoxy) is 2. The predicted molar refractivity (Wildman–Crippen MR) is 152 cm³/mol. The summed E-state index contributed by atoms with van der Waals surface area (Å²) in [4.78, 5) is 9.34. The van der Waals surface area contributed by atoms with Gasteiger partial charge < -0.3 is 20.9 Å². The molecule has 0 atom stereocenters. The van der Waals surface area contributed by atoms with Gasteiger partial charge >= 0.3 is 0 Å². The summed E-state index contributed by atoms with van der Waals surface area (Å²) >= 11 is 0. The van der Waals surface area contributed by atoms with Gasteiger partial charge in [0, 0.05) is 25.5 Å². The van der Waals surface area contributed by atoms with Crippen molar-refractivity contribution < 1.29 is 9.47 Å². The number of benzene rings is 3. The minimum atomic E-state index is 0.0496. The van der Waals surface area contributed by atoms with Crippen LogP contribution >= 0.6 is 0 Å². The fraction of sp³-hybridized carbons (Fsp3) is 0.258. The van der Waals surface area contributed by atoms with Crippen LogP contribution in [0, 0.1) is 5.41 Å². The minimum Gasteiger partial charge on any atom is -0.472 e. The zero-order valence-electron chi connectivity index (χ0n) is 22.0. The molecule has 1 heterocycles. The molecule has 1 aromatic heterocycles. The molecule has 0 aliphatic heterocycles. The summed E-state index contributed by atoms with van der Waals surface area (Å²) in [7, 11) is 1.69. The van der Waals surface area contributed by atoms with Gasteiger partial charge in [-0.05, 0) is 34.2 Å². The fourth-order valence-corrected chi connectivity index (χ4v) is 4.36. The molecule has 0 amide bonds. The lowest BCUT2D eigenvalue weighted by atomic mass is 9.98. The Morgan fingerprint density at radius 1 is 0.895 bits per heavy atom. The molecule has 0 saturated carbocycles. The van der Waals surface area contributed by atoms with E-state index in [1.54, 1.807) is 7.11 Å². The first-order valence-corrected chi connectivity index (χ1v) is 12.9. The third-order valence-corrected chi connectivity index (χ3v) is 6.34. The first-order chi connectivity index (χ1) is 18.5. The summed E-state index contributed by atoms with van der Waals surface area (Å²) in [6.45, 7) is 3.03. The second-order valence-corrected chi connectivity index (χ2v) is 9.29. The first kappa shape index (κ1) is 26.8. The third-order valence-electron chi connectivity index (χ3n) is 6.34. The van der Waals surface area contributed by atoms with E-state index >= 15 is 0 Å². The van der Waals surface area contributed by atoms with Crippen LogP contribution in [-0.4, -0.2) is 22.9 Å². The second kappa shape index (κ2) is 12.8. The number of nitrogen functional groups attached to an aromatic ring is 2. The van der Waals surface area contributed by atoms with Crippen LogP contribution in [0.1, 0.15) is 53.4 Å². The van der Waals surface area contributed by atoms with Gasteiger partial charge in [0.1, 0.15) is 24.1 Å². The average molecular weight is 510 g/mol. The monoisotopic (exact) mass is 509 g/mol. The molecule has 38 heavy (non-hydrogen) atoms. The summed E-state index contributed by atoms with van der Waals surface area (Å²) in [6.07, 6.45) is 3.35. The highest BCUT2D eigenvalue weighted by atomic mass is 16.5. The number of hydrogen-bond donors (Lipinski definition) is 3. The SMILES string of the molecule is CCCCc1nc(N)c(Cc2cccc(COC)c2)c(OCc2ccc(-c3ccccc3C(=N)N)cc2)n1. The van der Waals surface area contributed by atoms with Crippen molar-refractivity contribution in [3.63, 3.8) is 0 Å². The Morgan fingerprint density at radius 2 is 1.66 bits per heavy atom. The molecule has 0 fully saturated rings. The van der Waals surface area contributed by atoms with Crippen molar-refractivity contribution in [3.8, 4) is 17.0 Å². The number of nitrogens with one attached hydrogen (secondary N) is 1. The third kappa shape index (κ3) is 6.75. The Hall–Kier alpha value is -4.23. The van der Waals surface area contributed by atoms with E-state index in [0.717, 1.165) is 52.6 Å². The number of nitrogens with two attached hydrogens (primary N) is 2. The second-order valence-electron chi connectivity index (χ2n) is 9.29. The lowest BCUT2D eigenvalue weighted by Crippen LogP contribution is -2.12. The zero-order valence-corrected chi connectivity index (χ0v) is 22.0. The first-order valence-electron chi connectivity index (χ1n) is 12.9.